The Morgan fingerprint density at radius 1 is 1.10 bits per heavy atom. The molecule has 1 heterocycles. The zero-order valence-electron chi connectivity index (χ0n) is 18.9. The third-order valence-corrected chi connectivity index (χ3v) is 5.57. The molecule has 1 atom stereocenters. The lowest BCUT2D eigenvalue weighted by Gasteiger charge is -2.23. The second-order valence-electron chi connectivity index (χ2n) is 9.36. The molecule has 0 saturated carbocycles. The lowest BCUT2D eigenvalue weighted by molar-refractivity contribution is 0.0504. The van der Waals surface area contributed by atoms with Gasteiger partial charge in [-0.2, -0.15) is 0 Å². The van der Waals surface area contributed by atoms with Gasteiger partial charge in [0.1, 0.15) is 18.0 Å². The van der Waals surface area contributed by atoms with Crippen LogP contribution in [0.1, 0.15) is 50.9 Å². The molecule has 1 amide bonds. The molecule has 0 bridgehead atoms. The standard InChI is InChI=1S/C26H32N2O3/c1-18(27-25(29)31-26(2,3)4)16-28-21-13-8-12-20(21)24-22(28)14-9-15-23(24)30-17-19-10-6-5-7-11-19/h5-7,9-11,14-15,18H,8,12-13,16-17H2,1-4H3,(H,27,29)/t18-/m0/s1. The van der Waals surface area contributed by atoms with Gasteiger partial charge in [0.25, 0.3) is 0 Å². The smallest absolute Gasteiger partial charge is 0.407 e. The van der Waals surface area contributed by atoms with Crippen LogP contribution in [0, 0.1) is 0 Å². The van der Waals surface area contributed by atoms with E-state index < -0.39 is 5.60 Å². The Balaban J connectivity index is 1.58. The maximum absolute atomic E-state index is 12.2. The third kappa shape index (κ3) is 4.87. The number of carbonyl (C=O) groups is 1. The molecule has 31 heavy (non-hydrogen) atoms. The third-order valence-electron chi connectivity index (χ3n) is 5.57. The molecule has 164 valence electrons. The topological polar surface area (TPSA) is 52.5 Å². The molecule has 0 aliphatic heterocycles. The van der Waals surface area contributed by atoms with E-state index in [2.05, 4.69) is 40.2 Å². The summed E-state index contributed by atoms with van der Waals surface area (Å²) in [6.45, 7) is 8.90. The van der Waals surface area contributed by atoms with E-state index in [0.717, 1.165) is 30.6 Å². The highest BCUT2D eigenvalue weighted by atomic mass is 16.6. The number of ether oxygens (including phenoxy) is 2. The number of rotatable bonds is 6. The highest BCUT2D eigenvalue weighted by molar-refractivity contribution is 5.92. The summed E-state index contributed by atoms with van der Waals surface area (Å²) in [5, 5.41) is 4.20. The van der Waals surface area contributed by atoms with E-state index in [4.69, 9.17) is 9.47 Å². The second-order valence-corrected chi connectivity index (χ2v) is 9.36. The van der Waals surface area contributed by atoms with Gasteiger partial charge in [-0.05, 0) is 70.2 Å². The summed E-state index contributed by atoms with van der Waals surface area (Å²) in [6, 6.07) is 16.5. The van der Waals surface area contributed by atoms with Crippen LogP contribution in [0.2, 0.25) is 0 Å². The molecule has 3 aromatic rings. The summed E-state index contributed by atoms with van der Waals surface area (Å²) in [4.78, 5) is 12.2. The Labute approximate surface area is 184 Å². The Bertz CT molecular complexity index is 1060. The van der Waals surface area contributed by atoms with Crippen LogP contribution in [0.25, 0.3) is 10.9 Å². The second kappa shape index (κ2) is 8.66. The first-order chi connectivity index (χ1) is 14.8. The molecule has 4 rings (SSSR count). The van der Waals surface area contributed by atoms with Crippen molar-refractivity contribution in [3.05, 3.63) is 65.4 Å². The van der Waals surface area contributed by atoms with Gasteiger partial charge in [-0.1, -0.05) is 36.4 Å². The monoisotopic (exact) mass is 420 g/mol. The van der Waals surface area contributed by atoms with E-state index in [0.29, 0.717) is 13.2 Å². The Kier molecular flexibility index (Phi) is 5.94. The van der Waals surface area contributed by atoms with E-state index in [9.17, 15) is 4.79 Å². The van der Waals surface area contributed by atoms with Crippen molar-refractivity contribution in [2.75, 3.05) is 0 Å². The van der Waals surface area contributed by atoms with Crippen molar-refractivity contribution in [2.24, 2.45) is 0 Å². The number of nitrogens with one attached hydrogen (secondary N) is 1. The summed E-state index contributed by atoms with van der Waals surface area (Å²) < 4.78 is 14.0. The van der Waals surface area contributed by atoms with E-state index in [1.54, 1.807) is 0 Å². The number of amides is 1. The number of hydrogen-bond acceptors (Lipinski definition) is 3. The van der Waals surface area contributed by atoms with Crippen LogP contribution in [0.3, 0.4) is 0 Å². The van der Waals surface area contributed by atoms with E-state index in [-0.39, 0.29) is 12.1 Å². The summed E-state index contributed by atoms with van der Waals surface area (Å²) in [6.07, 6.45) is 2.90. The maximum atomic E-state index is 12.2. The minimum absolute atomic E-state index is 0.0518. The molecule has 0 unspecified atom stereocenters. The fourth-order valence-corrected chi connectivity index (χ4v) is 4.38. The van der Waals surface area contributed by atoms with Crippen LogP contribution in [0.15, 0.2) is 48.5 Å². The molecule has 1 aliphatic carbocycles. The number of aryl methyl sites for hydroxylation is 1. The maximum Gasteiger partial charge on any atom is 0.407 e. The number of benzene rings is 2. The number of hydrogen-bond donors (Lipinski definition) is 1. The molecular weight excluding hydrogens is 388 g/mol. The molecule has 5 nitrogen and oxygen atoms in total. The number of carbonyl (C=O) groups excluding carboxylic acids is 1. The number of aromatic nitrogens is 1. The van der Waals surface area contributed by atoms with E-state index in [1.165, 1.54) is 22.2 Å². The molecule has 0 saturated heterocycles. The fraction of sp³-hybridized carbons (Fsp3) is 0.423. The molecular formula is C26H32N2O3. The van der Waals surface area contributed by atoms with Gasteiger partial charge in [0.15, 0.2) is 0 Å². The molecule has 1 aliphatic rings. The molecule has 5 heteroatoms. The molecule has 0 fully saturated rings. The minimum atomic E-state index is -0.504. The SMILES string of the molecule is C[C@@H](Cn1c2c(c3c(OCc4ccccc4)cccc31)CCC2)NC(=O)OC(C)(C)C. The lowest BCUT2D eigenvalue weighted by atomic mass is 10.1. The van der Waals surface area contributed by atoms with Crippen LogP contribution in [-0.2, 0) is 30.7 Å². The normalized spacial score (nSPS) is 14.3. The van der Waals surface area contributed by atoms with Crippen molar-refractivity contribution >= 4 is 17.0 Å². The summed E-state index contributed by atoms with van der Waals surface area (Å²) in [7, 11) is 0. The van der Waals surface area contributed by atoms with Gasteiger partial charge in [-0.25, -0.2) is 4.79 Å². The number of alkyl carbamates (subject to hydrolysis) is 1. The first-order valence-electron chi connectivity index (χ1n) is 11.1. The Morgan fingerprint density at radius 2 is 1.87 bits per heavy atom. The molecule has 0 radical (unpaired) electrons. The van der Waals surface area contributed by atoms with Crippen LogP contribution in [-0.4, -0.2) is 22.3 Å². The summed E-state index contributed by atoms with van der Waals surface area (Å²) in [5.41, 5.74) is 4.58. The highest BCUT2D eigenvalue weighted by Crippen LogP contribution is 2.38. The van der Waals surface area contributed by atoms with Crippen molar-refractivity contribution in [2.45, 2.75) is 71.8 Å². The molecule has 1 aromatic heterocycles. The van der Waals surface area contributed by atoms with Crippen LogP contribution in [0.5, 0.6) is 5.75 Å². The van der Waals surface area contributed by atoms with Crippen LogP contribution >= 0.6 is 0 Å². The first kappa shape index (κ1) is 21.3. The number of nitrogens with zero attached hydrogens (tertiary/aromatic N) is 1. The van der Waals surface area contributed by atoms with Gasteiger partial charge in [0.2, 0.25) is 0 Å². The predicted octanol–water partition coefficient (Wildman–Crippen LogP) is 5.62. The lowest BCUT2D eigenvalue weighted by Crippen LogP contribution is -2.39. The van der Waals surface area contributed by atoms with Crippen molar-refractivity contribution in [3.63, 3.8) is 0 Å². The van der Waals surface area contributed by atoms with Crippen molar-refractivity contribution < 1.29 is 14.3 Å². The van der Waals surface area contributed by atoms with Gasteiger partial charge >= 0.3 is 6.09 Å². The van der Waals surface area contributed by atoms with Crippen molar-refractivity contribution in [1.82, 2.24) is 9.88 Å². The minimum Gasteiger partial charge on any atom is -0.488 e. The average molecular weight is 421 g/mol. The Hall–Kier alpha value is -2.95. The van der Waals surface area contributed by atoms with Crippen LogP contribution < -0.4 is 10.1 Å². The van der Waals surface area contributed by atoms with Gasteiger partial charge in [0, 0.05) is 23.7 Å². The Morgan fingerprint density at radius 3 is 2.61 bits per heavy atom. The van der Waals surface area contributed by atoms with E-state index >= 15 is 0 Å². The quantitative estimate of drug-likeness (QED) is 0.563. The number of fused-ring (bicyclic) bond motifs is 3. The van der Waals surface area contributed by atoms with E-state index in [1.807, 2.05) is 45.9 Å². The van der Waals surface area contributed by atoms with Gasteiger partial charge in [-0.3, -0.25) is 0 Å². The zero-order valence-corrected chi connectivity index (χ0v) is 18.9. The van der Waals surface area contributed by atoms with Gasteiger partial charge in [-0.15, -0.1) is 0 Å². The molecule has 0 spiro atoms. The molecule has 2 aromatic carbocycles. The first-order valence-corrected chi connectivity index (χ1v) is 11.1. The molecule has 1 N–H and O–H groups in total. The predicted molar refractivity (Wildman–Crippen MR) is 124 cm³/mol. The summed E-state index contributed by atoms with van der Waals surface area (Å²) in [5.74, 6) is 0.936. The fourth-order valence-electron chi connectivity index (χ4n) is 4.38. The van der Waals surface area contributed by atoms with Crippen LogP contribution in [0.4, 0.5) is 4.79 Å². The van der Waals surface area contributed by atoms with Crippen molar-refractivity contribution in [3.8, 4) is 5.75 Å². The zero-order chi connectivity index (χ0) is 22.0. The van der Waals surface area contributed by atoms with Gasteiger partial charge < -0.3 is 19.4 Å². The van der Waals surface area contributed by atoms with Gasteiger partial charge in [0.05, 0.1) is 5.52 Å². The largest absolute Gasteiger partial charge is 0.488 e. The highest BCUT2D eigenvalue weighted by Gasteiger charge is 2.25. The summed E-state index contributed by atoms with van der Waals surface area (Å²) >= 11 is 0. The van der Waals surface area contributed by atoms with Crippen molar-refractivity contribution in [1.29, 1.82) is 0 Å². The average Bonchev–Trinajstić information content (AvgIpc) is 3.28.